The van der Waals surface area contributed by atoms with Gasteiger partial charge in [0.25, 0.3) is 5.56 Å². The number of hydrogen-bond donors (Lipinski definition) is 0. The number of ether oxygens (including phenoxy) is 1. The molecule has 4 nitrogen and oxygen atoms in total. The Bertz CT molecular complexity index is 653. The molecule has 0 fully saturated rings. The van der Waals surface area contributed by atoms with Gasteiger partial charge >= 0.3 is 0 Å². The van der Waals surface area contributed by atoms with Crippen LogP contribution in [0.25, 0.3) is 0 Å². The summed E-state index contributed by atoms with van der Waals surface area (Å²) in [5.41, 5.74) is 1.88. The van der Waals surface area contributed by atoms with E-state index in [9.17, 15) is 4.79 Å². The number of nitrogens with zero attached hydrogens (tertiary/aromatic N) is 2. The van der Waals surface area contributed by atoms with Crippen molar-refractivity contribution in [1.82, 2.24) is 9.78 Å². The van der Waals surface area contributed by atoms with Gasteiger partial charge in [-0.05, 0) is 18.9 Å². The lowest BCUT2D eigenvalue weighted by molar-refractivity contribution is 0.302. The number of aryl methyl sites for hydroxylation is 2. The largest absolute Gasteiger partial charge is 0.485 e. The Balaban J connectivity index is 2.14. The van der Waals surface area contributed by atoms with Gasteiger partial charge in [-0.3, -0.25) is 4.79 Å². The van der Waals surface area contributed by atoms with Gasteiger partial charge in [-0.25, -0.2) is 4.68 Å². The lowest BCUT2D eigenvalue weighted by Crippen LogP contribution is -2.23. The normalized spacial score (nSPS) is 10.6. The van der Waals surface area contributed by atoms with Crippen molar-refractivity contribution >= 4 is 11.6 Å². The Kier molecular flexibility index (Phi) is 4.79. The first-order chi connectivity index (χ1) is 9.61. The molecule has 0 aliphatic heterocycles. The van der Waals surface area contributed by atoms with Crippen molar-refractivity contribution in [1.29, 1.82) is 0 Å². The van der Waals surface area contributed by atoms with Crippen molar-refractivity contribution in [3.05, 3.63) is 57.0 Å². The zero-order valence-electron chi connectivity index (χ0n) is 11.6. The van der Waals surface area contributed by atoms with Gasteiger partial charge in [0.2, 0.25) is 0 Å². The van der Waals surface area contributed by atoms with Crippen LogP contribution in [0.2, 0.25) is 5.02 Å². The third-order valence-electron chi connectivity index (χ3n) is 2.87. The molecule has 106 valence electrons. The molecule has 5 heteroatoms. The maximum absolute atomic E-state index is 11.9. The summed E-state index contributed by atoms with van der Waals surface area (Å²) in [5, 5.41) is 4.14. The molecule has 0 saturated heterocycles. The molecule has 20 heavy (non-hydrogen) atoms. The summed E-state index contributed by atoms with van der Waals surface area (Å²) in [5.74, 6) is 0.325. The van der Waals surface area contributed by atoms with Gasteiger partial charge in [0, 0.05) is 6.54 Å². The first-order valence-electron chi connectivity index (χ1n) is 6.55. The zero-order chi connectivity index (χ0) is 14.5. The molecule has 0 aliphatic carbocycles. The minimum atomic E-state index is -0.310. The SMILES string of the molecule is CCCn1ncc(OCc2cccc(C)c2)c(Cl)c1=O. The lowest BCUT2D eigenvalue weighted by Gasteiger charge is -2.09. The second-order valence-electron chi connectivity index (χ2n) is 4.63. The lowest BCUT2D eigenvalue weighted by atomic mass is 10.1. The summed E-state index contributed by atoms with van der Waals surface area (Å²) in [6.07, 6.45) is 2.32. The average molecular weight is 293 g/mol. The molecule has 2 aromatic rings. The molecule has 0 spiro atoms. The standard InChI is InChI=1S/C15H17ClN2O2/c1-3-7-18-15(19)14(16)13(9-17-18)20-10-12-6-4-5-11(2)8-12/h4-6,8-9H,3,7,10H2,1-2H3. The van der Waals surface area contributed by atoms with Crippen molar-refractivity contribution in [2.75, 3.05) is 0 Å². The molecule has 0 radical (unpaired) electrons. The zero-order valence-corrected chi connectivity index (χ0v) is 12.4. The summed E-state index contributed by atoms with van der Waals surface area (Å²) in [6, 6.07) is 7.98. The average Bonchev–Trinajstić information content (AvgIpc) is 2.43. The van der Waals surface area contributed by atoms with Crippen LogP contribution in [0.15, 0.2) is 35.3 Å². The van der Waals surface area contributed by atoms with Crippen LogP contribution in [0, 0.1) is 6.92 Å². The van der Waals surface area contributed by atoms with Crippen LogP contribution < -0.4 is 10.3 Å². The van der Waals surface area contributed by atoms with Gasteiger partial charge in [0.1, 0.15) is 6.61 Å². The minimum Gasteiger partial charge on any atom is -0.485 e. The van der Waals surface area contributed by atoms with Crippen LogP contribution in [0.3, 0.4) is 0 Å². The van der Waals surface area contributed by atoms with E-state index in [-0.39, 0.29) is 10.6 Å². The molecule has 0 saturated carbocycles. The van der Waals surface area contributed by atoms with E-state index in [4.69, 9.17) is 16.3 Å². The van der Waals surface area contributed by atoms with Gasteiger partial charge in [0.15, 0.2) is 10.8 Å². The van der Waals surface area contributed by atoms with Crippen molar-refractivity contribution in [3.63, 3.8) is 0 Å². The summed E-state index contributed by atoms with van der Waals surface area (Å²) in [6.45, 7) is 4.91. The van der Waals surface area contributed by atoms with E-state index in [2.05, 4.69) is 5.10 Å². The van der Waals surface area contributed by atoms with E-state index in [1.165, 1.54) is 10.9 Å². The van der Waals surface area contributed by atoms with Gasteiger partial charge in [-0.2, -0.15) is 5.10 Å². The third-order valence-corrected chi connectivity index (χ3v) is 3.21. The molecule has 1 heterocycles. The Hall–Kier alpha value is -1.81. The summed E-state index contributed by atoms with van der Waals surface area (Å²) in [4.78, 5) is 11.9. The molecule has 2 rings (SSSR count). The molecule has 0 aliphatic rings. The van der Waals surface area contributed by atoms with E-state index in [0.717, 1.165) is 17.5 Å². The fraction of sp³-hybridized carbons (Fsp3) is 0.333. The van der Waals surface area contributed by atoms with Crippen molar-refractivity contribution < 1.29 is 4.74 Å². The highest BCUT2D eigenvalue weighted by atomic mass is 35.5. The van der Waals surface area contributed by atoms with Gasteiger partial charge in [-0.1, -0.05) is 48.4 Å². The Labute approximate surface area is 123 Å². The van der Waals surface area contributed by atoms with E-state index in [1.807, 2.05) is 38.1 Å². The molecular weight excluding hydrogens is 276 g/mol. The maximum Gasteiger partial charge on any atom is 0.289 e. The number of rotatable bonds is 5. The predicted molar refractivity (Wildman–Crippen MR) is 79.3 cm³/mol. The van der Waals surface area contributed by atoms with Crippen molar-refractivity contribution in [2.45, 2.75) is 33.4 Å². The molecular formula is C15H17ClN2O2. The second-order valence-corrected chi connectivity index (χ2v) is 5.01. The number of hydrogen-bond acceptors (Lipinski definition) is 3. The first-order valence-corrected chi connectivity index (χ1v) is 6.93. The van der Waals surface area contributed by atoms with Gasteiger partial charge in [0.05, 0.1) is 6.20 Å². The van der Waals surface area contributed by atoms with Crippen LogP contribution in [0.4, 0.5) is 0 Å². The summed E-state index contributed by atoms with van der Waals surface area (Å²) in [7, 11) is 0. The maximum atomic E-state index is 11.9. The second kappa shape index (κ2) is 6.57. The molecule has 1 aromatic carbocycles. The molecule has 0 amide bonds. The Morgan fingerprint density at radius 1 is 1.40 bits per heavy atom. The van der Waals surface area contributed by atoms with Crippen LogP contribution in [-0.2, 0) is 13.2 Å². The Morgan fingerprint density at radius 3 is 2.90 bits per heavy atom. The van der Waals surface area contributed by atoms with Crippen LogP contribution in [-0.4, -0.2) is 9.78 Å². The van der Waals surface area contributed by atoms with E-state index in [0.29, 0.717) is 18.9 Å². The smallest absolute Gasteiger partial charge is 0.289 e. The predicted octanol–water partition coefficient (Wildman–Crippen LogP) is 3.19. The highest BCUT2D eigenvalue weighted by Crippen LogP contribution is 2.19. The molecule has 0 unspecified atom stereocenters. The minimum absolute atomic E-state index is 0.0844. The van der Waals surface area contributed by atoms with Crippen LogP contribution in [0.5, 0.6) is 5.75 Å². The highest BCUT2D eigenvalue weighted by Gasteiger charge is 2.10. The first kappa shape index (κ1) is 14.6. The van der Waals surface area contributed by atoms with E-state index < -0.39 is 0 Å². The summed E-state index contributed by atoms with van der Waals surface area (Å²) < 4.78 is 6.93. The molecule has 0 atom stereocenters. The monoisotopic (exact) mass is 292 g/mol. The summed E-state index contributed by atoms with van der Waals surface area (Å²) >= 11 is 6.03. The van der Waals surface area contributed by atoms with E-state index >= 15 is 0 Å². The molecule has 0 bridgehead atoms. The Morgan fingerprint density at radius 2 is 2.20 bits per heavy atom. The number of benzene rings is 1. The molecule has 0 N–H and O–H groups in total. The van der Waals surface area contributed by atoms with Crippen LogP contribution >= 0.6 is 11.6 Å². The fourth-order valence-corrected chi connectivity index (χ4v) is 2.09. The van der Waals surface area contributed by atoms with Gasteiger partial charge < -0.3 is 4.74 Å². The molecule has 1 aromatic heterocycles. The van der Waals surface area contributed by atoms with Crippen molar-refractivity contribution in [3.8, 4) is 5.75 Å². The quantitative estimate of drug-likeness (QED) is 0.850. The third kappa shape index (κ3) is 3.39. The number of aromatic nitrogens is 2. The van der Waals surface area contributed by atoms with Crippen molar-refractivity contribution in [2.24, 2.45) is 0 Å². The van der Waals surface area contributed by atoms with Crippen LogP contribution in [0.1, 0.15) is 24.5 Å². The fourth-order valence-electron chi connectivity index (χ4n) is 1.88. The topological polar surface area (TPSA) is 44.1 Å². The number of halogens is 1. The highest BCUT2D eigenvalue weighted by molar-refractivity contribution is 6.31. The van der Waals surface area contributed by atoms with E-state index in [1.54, 1.807) is 0 Å². The van der Waals surface area contributed by atoms with Gasteiger partial charge in [-0.15, -0.1) is 0 Å².